The first kappa shape index (κ1) is 26.4. The Morgan fingerprint density at radius 2 is 0.771 bits per heavy atom. The summed E-state index contributed by atoms with van der Waals surface area (Å²) in [5.41, 5.74) is 1.02. The minimum Gasteiger partial charge on any atom is -0.759 e. The fourth-order valence-electron chi connectivity index (χ4n) is 2.41. The first-order valence-electron chi connectivity index (χ1n) is 9.79. The summed E-state index contributed by atoms with van der Waals surface area (Å²) >= 11 is 0. The molecule has 0 aliphatic carbocycles. The summed E-state index contributed by atoms with van der Waals surface area (Å²) in [6.07, 6.45) is 0. The largest absolute Gasteiger partial charge is 0.759 e. The number of para-hydroxylation sites is 2. The Labute approximate surface area is 201 Å². The standard InChI is InChI=1S/2C12H9N2O.H2O4S/c2*13-14-10-6-8-12(9-7-10)15-11-4-2-1-3-5-11;1-5(2,3)4/h2*1-9H;(H2,1,2,3,4)/q2*+1;/p-2. The van der Waals surface area contributed by atoms with Gasteiger partial charge < -0.3 is 18.6 Å². The van der Waals surface area contributed by atoms with Crippen molar-refractivity contribution in [3.8, 4) is 23.0 Å². The lowest BCUT2D eigenvalue weighted by Gasteiger charge is -2.06. The summed E-state index contributed by atoms with van der Waals surface area (Å²) in [6, 6.07) is 32.7. The van der Waals surface area contributed by atoms with E-state index in [-0.39, 0.29) is 0 Å². The maximum absolute atomic E-state index is 8.52. The molecule has 0 aliphatic heterocycles. The van der Waals surface area contributed by atoms with Crippen LogP contribution in [-0.2, 0) is 10.4 Å². The van der Waals surface area contributed by atoms with Gasteiger partial charge in [0.25, 0.3) is 0 Å². The molecular weight excluding hydrogens is 472 g/mol. The van der Waals surface area contributed by atoms with Crippen LogP contribution < -0.4 is 9.47 Å². The molecule has 0 spiro atoms. The third kappa shape index (κ3) is 11.6. The molecular formula is C24H18N4O6S. The molecule has 0 bridgehead atoms. The molecule has 4 rings (SSSR count). The van der Waals surface area contributed by atoms with E-state index in [9.17, 15) is 0 Å². The molecule has 0 fully saturated rings. The molecule has 0 N–H and O–H groups in total. The van der Waals surface area contributed by atoms with Crippen LogP contribution >= 0.6 is 0 Å². The van der Waals surface area contributed by atoms with Crippen molar-refractivity contribution in [1.82, 2.24) is 0 Å². The zero-order valence-electron chi connectivity index (χ0n) is 18.0. The highest BCUT2D eigenvalue weighted by Gasteiger charge is 2.04. The zero-order valence-corrected chi connectivity index (χ0v) is 18.9. The SMILES string of the molecule is N#[N+]c1ccc(Oc2ccccc2)cc1.N#[N+]c1ccc(Oc2ccccc2)cc1.O=S(=O)([O-])[O-]. The van der Waals surface area contributed by atoms with Crippen LogP contribution in [0.15, 0.2) is 109 Å². The Morgan fingerprint density at radius 3 is 1.03 bits per heavy atom. The Kier molecular flexibility index (Phi) is 10.3. The summed E-state index contributed by atoms with van der Waals surface area (Å²) in [7, 11) is -5.17. The molecule has 0 amide bonds. The third-order valence-electron chi connectivity index (χ3n) is 3.86. The van der Waals surface area contributed by atoms with Crippen molar-refractivity contribution in [1.29, 1.82) is 10.8 Å². The summed E-state index contributed by atoms with van der Waals surface area (Å²) < 4.78 is 45.2. The van der Waals surface area contributed by atoms with E-state index < -0.39 is 10.4 Å². The van der Waals surface area contributed by atoms with Gasteiger partial charge in [0.05, 0.1) is 0 Å². The second kappa shape index (κ2) is 13.7. The van der Waals surface area contributed by atoms with Crippen LogP contribution in [0.3, 0.4) is 0 Å². The van der Waals surface area contributed by atoms with Gasteiger partial charge in [0.15, 0.2) is 9.95 Å². The Balaban J connectivity index is 0.000000208. The molecule has 10 nitrogen and oxygen atoms in total. The van der Waals surface area contributed by atoms with Gasteiger partial charge in [-0.25, -0.2) is 0 Å². The van der Waals surface area contributed by atoms with Gasteiger partial charge in [-0.1, -0.05) is 36.4 Å². The number of hydrogen-bond acceptors (Lipinski definition) is 8. The maximum Gasteiger partial charge on any atom is 0.385 e. The fourth-order valence-corrected chi connectivity index (χ4v) is 2.41. The number of benzene rings is 4. The van der Waals surface area contributed by atoms with Crippen molar-refractivity contribution in [2.24, 2.45) is 0 Å². The Hall–Kier alpha value is -4.81. The van der Waals surface area contributed by atoms with Crippen LogP contribution in [0, 0.1) is 10.8 Å². The van der Waals surface area contributed by atoms with Gasteiger partial charge in [-0.3, -0.25) is 8.42 Å². The van der Waals surface area contributed by atoms with Crippen molar-refractivity contribution in [2.75, 3.05) is 0 Å². The Bertz CT molecular complexity index is 1270. The van der Waals surface area contributed by atoms with Crippen LogP contribution in [0.5, 0.6) is 23.0 Å². The Morgan fingerprint density at radius 1 is 0.514 bits per heavy atom. The molecule has 35 heavy (non-hydrogen) atoms. The number of diazo groups is 2. The number of rotatable bonds is 4. The molecule has 176 valence electrons. The van der Waals surface area contributed by atoms with E-state index in [1.165, 1.54) is 0 Å². The van der Waals surface area contributed by atoms with Gasteiger partial charge in [-0.05, 0) is 48.5 Å². The van der Waals surface area contributed by atoms with Gasteiger partial charge in [-0.2, -0.15) is 0 Å². The van der Waals surface area contributed by atoms with Crippen molar-refractivity contribution < 1.29 is 27.0 Å². The molecule has 0 atom stereocenters. The highest BCUT2D eigenvalue weighted by atomic mass is 32.3. The molecule has 11 heteroatoms. The van der Waals surface area contributed by atoms with E-state index in [1.807, 2.05) is 60.7 Å². The number of hydrogen-bond donors (Lipinski definition) is 0. The minimum atomic E-state index is -5.17. The normalized spacial score (nSPS) is 9.60. The number of nitrogens with zero attached hydrogens (tertiary/aromatic N) is 4. The first-order chi connectivity index (χ1) is 16.8. The summed E-state index contributed by atoms with van der Waals surface area (Å²) in [5.74, 6) is 3.00. The summed E-state index contributed by atoms with van der Waals surface area (Å²) in [6.45, 7) is 0. The lowest BCUT2D eigenvalue weighted by Crippen LogP contribution is -1.91. The van der Waals surface area contributed by atoms with Gasteiger partial charge in [0.1, 0.15) is 23.0 Å². The molecule has 0 heterocycles. The van der Waals surface area contributed by atoms with E-state index in [4.69, 9.17) is 37.8 Å². The average molecular weight is 490 g/mol. The molecule has 0 unspecified atom stereocenters. The van der Waals surface area contributed by atoms with E-state index in [0.717, 1.165) is 11.5 Å². The molecule has 0 saturated heterocycles. The minimum absolute atomic E-state index is 0.510. The molecule has 4 aromatic carbocycles. The highest BCUT2D eigenvalue weighted by molar-refractivity contribution is 7.79. The van der Waals surface area contributed by atoms with Crippen molar-refractivity contribution in [2.45, 2.75) is 0 Å². The fraction of sp³-hybridized carbons (Fsp3) is 0. The van der Waals surface area contributed by atoms with Gasteiger partial charge in [-0.15, -0.1) is 0 Å². The van der Waals surface area contributed by atoms with Crippen molar-refractivity contribution >= 4 is 21.8 Å². The lowest BCUT2D eigenvalue weighted by molar-refractivity contribution is 0.352. The van der Waals surface area contributed by atoms with Crippen LogP contribution in [0.25, 0.3) is 9.95 Å². The number of ether oxygens (including phenoxy) is 2. The quantitative estimate of drug-likeness (QED) is 0.176. The highest BCUT2D eigenvalue weighted by Crippen LogP contribution is 2.24. The van der Waals surface area contributed by atoms with Gasteiger partial charge in [0, 0.05) is 34.7 Å². The van der Waals surface area contributed by atoms with Crippen LogP contribution in [0.2, 0.25) is 0 Å². The van der Waals surface area contributed by atoms with Crippen LogP contribution in [0.4, 0.5) is 11.4 Å². The average Bonchev–Trinajstić information content (AvgIpc) is 2.86. The zero-order chi connectivity index (χ0) is 25.5. The molecule has 0 aliphatic rings. The monoisotopic (exact) mass is 490 g/mol. The van der Waals surface area contributed by atoms with E-state index >= 15 is 0 Å². The van der Waals surface area contributed by atoms with E-state index in [0.29, 0.717) is 22.9 Å². The lowest BCUT2D eigenvalue weighted by atomic mass is 10.3. The molecule has 0 saturated carbocycles. The topological polar surface area (TPSA) is 155 Å². The molecule has 4 aromatic rings. The van der Waals surface area contributed by atoms with Gasteiger partial charge >= 0.3 is 11.4 Å². The second-order valence-electron chi connectivity index (χ2n) is 6.43. The van der Waals surface area contributed by atoms with Crippen molar-refractivity contribution in [3.63, 3.8) is 0 Å². The summed E-state index contributed by atoms with van der Waals surface area (Å²) in [4.78, 5) is 6.13. The second-order valence-corrected chi connectivity index (χ2v) is 7.24. The third-order valence-corrected chi connectivity index (χ3v) is 3.86. The maximum atomic E-state index is 8.52. The summed E-state index contributed by atoms with van der Waals surface area (Å²) in [5, 5.41) is 17.0. The van der Waals surface area contributed by atoms with Crippen LogP contribution in [-0.4, -0.2) is 17.5 Å². The predicted octanol–water partition coefficient (Wildman–Crippen LogP) is 6.59. The van der Waals surface area contributed by atoms with Gasteiger partial charge in [0.2, 0.25) is 10.8 Å². The van der Waals surface area contributed by atoms with Crippen molar-refractivity contribution in [3.05, 3.63) is 119 Å². The predicted molar refractivity (Wildman–Crippen MR) is 126 cm³/mol. The van der Waals surface area contributed by atoms with E-state index in [2.05, 4.69) is 9.95 Å². The van der Waals surface area contributed by atoms with Crippen LogP contribution in [0.1, 0.15) is 0 Å². The molecule has 0 radical (unpaired) electrons. The smallest absolute Gasteiger partial charge is 0.385 e. The first-order valence-corrected chi connectivity index (χ1v) is 11.1. The molecule has 0 aromatic heterocycles. The van der Waals surface area contributed by atoms with E-state index in [1.54, 1.807) is 48.5 Å².